The maximum absolute atomic E-state index is 10.8. The van der Waals surface area contributed by atoms with Gasteiger partial charge in [0.2, 0.25) is 0 Å². The minimum Gasteiger partial charge on any atom is -0.431 e. The van der Waals surface area contributed by atoms with Crippen molar-refractivity contribution in [3.8, 4) is 0 Å². The third-order valence-corrected chi connectivity index (χ3v) is 2.11. The predicted octanol–water partition coefficient (Wildman–Crippen LogP) is 0.184. The summed E-state index contributed by atoms with van der Waals surface area (Å²) in [7, 11) is 2.03. The van der Waals surface area contributed by atoms with Crippen LogP contribution in [0.15, 0.2) is 0 Å². The van der Waals surface area contributed by atoms with Crippen molar-refractivity contribution in [2.24, 2.45) is 0 Å². The van der Waals surface area contributed by atoms with Gasteiger partial charge in [-0.3, -0.25) is 0 Å². The number of hydrogen-bond acceptors (Lipinski definition) is 5. The molecule has 0 aliphatic carbocycles. The fourth-order valence-corrected chi connectivity index (χ4v) is 1.33. The van der Waals surface area contributed by atoms with Crippen LogP contribution in [-0.4, -0.2) is 49.2 Å². The van der Waals surface area contributed by atoms with Crippen LogP contribution >= 0.6 is 0 Å². The van der Waals surface area contributed by atoms with E-state index in [0.717, 1.165) is 25.9 Å². The van der Waals surface area contributed by atoms with Gasteiger partial charge in [0.25, 0.3) is 0 Å². The molecule has 5 nitrogen and oxygen atoms in total. The molecule has 1 fully saturated rings. The minimum atomic E-state index is -0.781. The molecule has 1 saturated heterocycles. The molecule has 0 amide bonds. The van der Waals surface area contributed by atoms with Gasteiger partial charge in [0, 0.05) is 13.1 Å². The van der Waals surface area contributed by atoms with E-state index in [1.165, 1.54) is 0 Å². The van der Waals surface area contributed by atoms with E-state index in [0.29, 0.717) is 0 Å². The smallest absolute Gasteiger partial charge is 0.431 e. The number of nitrogens with zero attached hydrogens (tertiary/aromatic N) is 1. The molecule has 0 radical (unpaired) electrons. The quantitative estimate of drug-likeness (QED) is 0.496. The van der Waals surface area contributed by atoms with Gasteiger partial charge in [0.15, 0.2) is 6.79 Å². The van der Waals surface area contributed by atoms with Crippen LogP contribution in [0.2, 0.25) is 0 Å². The molecule has 1 rings (SSSR count). The fourth-order valence-electron chi connectivity index (χ4n) is 1.33. The molecule has 13 heavy (non-hydrogen) atoms. The molecule has 0 aromatic heterocycles. The lowest BCUT2D eigenvalue weighted by atomic mass is 10.1. The maximum Gasteiger partial charge on any atom is 0.510 e. The standard InChI is InChI=1S/C8H15NO4/c1-9-4-2-7(3-5-9)13-8(11)12-6-10/h7,10H,2-6H2,1H3. The molecule has 0 spiro atoms. The molecule has 0 atom stereocenters. The first-order valence-corrected chi connectivity index (χ1v) is 4.35. The van der Waals surface area contributed by atoms with Gasteiger partial charge in [-0.15, -0.1) is 0 Å². The van der Waals surface area contributed by atoms with Gasteiger partial charge in [-0.2, -0.15) is 0 Å². The Labute approximate surface area is 77.2 Å². The van der Waals surface area contributed by atoms with Gasteiger partial charge in [-0.1, -0.05) is 0 Å². The van der Waals surface area contributed by atoms with Crippen molar-refractivity contribution in [2.75, 3.05) is 26.9 Å². The summed E-state index contributed by atoms with van der Waals surface area (Å²) in [5, 5.41) is 8.28. The molecule has 76 valence electrons. The maximum atomic E-state index is 10.8. The SMILES string of the molecule is CN1CCC(OC(=O)OCO)CC1. The Morgan fingerprint density at radius 1 is 1.54 bits per heavy atom. The van der Waals surface area contributed by atoms with Crippen LogP contribution in [0.1, 0.15) is 12.8 Å². The monoisotopic (exact) mass is 189 g/mol. The van der Waals surface area contributed by atoms with Crippen LogP contribution in [0.3, 0.4) is 0 Å². The topological polar surface area (TPSA) is 59.0 Å². The van der Waals surface area contributed by atoms with E-state index >= 15 is 0 Å². The van der Waals surface area contributed by atoms with Crippen LogP contribution in [0.25, 0.3) is 0 Å². The van der Waals surface area contributed by atoms with Crippen LogP contribution in [-0.2, 0) is 9.47 Å². The van der Waals surface area contributed by atoms with Crippen molar-refractivity contribution in [3.63, 3.8) is 0 Å². The first-order valence-electron chi connectivity index (χ1n) is 4.35. The summed E-state index contributed by atoms with van der Waals surface area (Å²) in [5.74, 6) is 0. The van der Waals surface area contributed by atoms with E-state index in [9.17, 15) is 4.79 Å². The molecule has 0 saturated carbocycles. The van der Waals surface area contributed by atoms with Gasteiger partial charge >= 0.3 is 6.16 Å². The zero-order valence-electron chi connectivity index (χ0n) is 7.73. The first kappa shape index (κ1) is 10.3. The Hall–Kier alpha value is -0.810. The van der Waals surface area contributed by atoms with Gasteiger partial charge in [0.05, 0.1) is 0 Å². The van der Waals surface area contributed by atoms with Crippen molar-refractivity contribution in [3.05, 3.63) is 0 Å². The Balaban J connectivity index is 2.18. The summed E-state index contributed by atoms with van der Waals surface area (Å²) in [5.41, 5.74) is 0. The number of rotatable bonds is 2. The number of aliphatic hydroxyl groups excluding tert-OH is 1. The molecular formula is C8H15NO4. The number of ether oxygens (including phenoxy) is 2. The summed E-state index contributed by atoms with van der Waals surface area (Å²) in [6.07, 6.45) is 0.820. The Bertz CT molecular complexity index is 166. The molecule has 0 bridgehead atoms. The molecule has 1 aliphatic rings. The average molecular weight is 189 g/mol. The second kappa shape index (κ2) is 5.04. The summed E-state index contributed by atoms with van der Waals surface area (Å²) in [4.78, 5) is 13.0. The second-order valence-electron chi connectivity index (χ2n) is 3.14. The molecule has 0 unspecified atom stereocenters. The van der Waals surface area contributed by atoms with Crippen molar-refractivity contribution in [1.29, 1.82) is 0 Å². The highest BCUT2D eigenvalue weighted by molar-refractivity contribution is 5.59. The predicted molar refractivity (Wildman–Crippen MR) is 45.2 cm³/mol. The van der Waals surface area contributed by atoms with Crippen LogP contribution in [0, 0.1) is 0 Å². The largest absolute Gasteiger partial charge is 0.510 e. The van der Waals surface area contributed by atoms with Gasteiger partial charge in [-0.05, 0) is 19.9 Å². The Morgan fingerprint density at radius 3 is 2.69 bits per heavy atom. The number of carbonyl (C=O) groups excluding carboxylic acids is 1. The second-order valence-corrected chi connectivity index (χ2v) is 3.14. The lowest BCUT2D eigenvalue weighted by Crippen LogP contribution is -2.35. The van der Waals surface area contributed by atoms with Gasteiger partial charge in [0.1, 0.15) is 6.10 Å². The number of likely N-dealkylation sites (tertiary alicyclic amines) is 1. The summed E-state index contributed by atoms with van der Waals surface area (Å²) < 4.78 is 9.18. The van der Waals surface area contributed by atoms with E-state index < -0.39 is 12.9 Å². The molecule has 5 heteroatoms. The lowest BCUT2D eigenvalue weighted by molar-refractivity contribution is -0.0342. The van der Waals surface area contributed by atoms with Gasteiger partial charge in [-0.25, -0.2) is 4.79 Å². The Kier molecular flexibility index (Phi) is 3.98. The molecule has 1 N–H and O–H groups in total. The van der Waals surface area contributed by atoms with Crippen LogP contribution < -0.4 is 0 Å². The highest BCUT2D eigenvalue weighted by Crippen LogP contribution is 2.12. The first-order chi connectivity index (χ1) is 6.22. The van der Waals surface area contributed by atoms with Crippen LogP contribution in [0.4, 0.5) is 4.79 Å². The number of piperidine rings is 1. The molecule has 0 aromatic rings. The number of hydrogen-bond donors (Lipinski definition) is 1. The third kappa shape index (κ3) is 3.61. The Morgan fingerprint density at radius 2 is 2.15 bits per heavy atom. The zero-order valence-corrected chi connectivity index (χ0v) is 7.73. The number of aliphatic hydroxyl groups is 1. The fraction of sp³-hybridized carbons (Fsp3) is 0.875. The molecule has 1 heterocycles. The van der Waals surface area contributed by atoms with E-state index in [2.05, 4.69) is 9.64 Å². The molecular weight excluding hydrogens is 174 g/mol. The highest BCUT2D eigenvalue weighted by atomic mass is 16.8. The van der Waals surface area contributed by atoms with E-state index in [4.69, 9.17) is 9.84 Å². The van der Waals surface area contributed by atoms with E-state index in [-0.39, 0.29) is 6.10 Å². The molecule has 1 aliphatic heterocycles. The normalized spacial score (nSPS) is 19.8. The van der Waals surface area contributed by atoms with Crippen molar-refractivity contribution >= 4 is 6.16 Å². The summed E-state index contributed by atoms with van der Waals surface area (Å²) in [6.45, 7) is 1.24. The van der Waals surface area contributed by atoms with Crippen molar-refractivity contribution < 1.29 is 19.4 Å². The average Bonchev–Trinajstić information content (AvgIpc) is 2.09. The minimum absolute atomic E-state index is 0.0600. The summed E-state index contributed by atoms with van der Waals surface area (Å²) in [6, 6.07) is 0. The van der Waals surface area contributed by atoms with Crippen molar-refractivity contribution in [1.82, 2.24) is 4.90 Å². The van der Waals surface area contributed by atoms with Crippen molar-refractivity contribution in [2.45, 2.75) is 18.9 Å². The van der Waals surface area contributed by atoms with E-state index in [1.54, 1.807) is 0 Å². The number of carbonyl (C=O) groups is 1. The van der Waals surface area contributed by atoms with E-state index in [1.807, 2.05) is 7.05 Å². The zero-order chi connectivity index (χ0) is 9.68. The molecule has 0 aromatic carbocycles. The lowest BCUT2D eigenvalue weighted by Gasteiger charge is -2.28. The third-order valence-electron chi connectivity index (χ3n) is 2.11. The highest BCUT2D eigenvalue weighted by Gasteiger charge is 2.20. The van der Waals surface area contributed by atoms with Crippen LogP contribution in [0.5, 0.6) is 0 Å². The summed E-state index contributed by atoms with van der Waals surface area (Å²) >= 11 is 0. The van der Waals surface area contributed by atoms with Gasteiger partial charge < -0.3 is 19.5 Å².